The second kappa shape index (κ2) is 19.4. The van der Waals surface area contributed by atoms with Gasteiger partial charge in [0.1, 0.15) is 11.7 Å². The summed E-state index contributed by atoms with van der Waals surface area (Å²) in [6, 6.07) is 36.0. The molecular weight excluding hydrogens is 873 g/mol. The van der Waals surface area contributed by atoms with Gasteiger partial charge in [0.2, 0.25) is 0 Å². The quantitative estimate of drug-likeness (QED) is 0.0929. The number of ether oxygens (including phenoxy) is 3. The Balaban J connectivity index is 1.18. The number of carbonyl (C=O) groups excluding carboxylic acids is 1. The molecule has 2 heterocycles. The van der Waals surface area contributed by atoms with Crippen molar-refractivity contribution >= 4 is 54.4 Å². The van der Waals surface area contributed by atoms with Crippen LogP contribution in [0.5, 0.6) is 0 Å². The van der Waals surface area contributed by atoms with E-state index in [0.717, 1.165) is 43.8 Å². The van der Waals surface area contributed by atoms with Gasteiger partial charge in [-0.15, -0.1) is 0 Å². The molecule has 358 valence electrons. The molecule has 2 aliphatic heterocycles. The van der Waals surface area contributed by atoms with Gasteiger partial charge in [0.25, 0.3) is 8.32 Å². The van der Waals surface area contributed by atoms with Crippen molar-refractivity contribution in [2.24, 2.45) is 17.8 Å². The number of carbonyl (C=O) groups is 1. The van der Waals surface area contributed by atoms with Gasteiger partial charge in [-0.1, -0.05) is 158 Å². The zero-order chi connectivity index (χ0) is 47.2. The van der Waals surface area contributed by atoms with Crippen LogP contribution in [-0.2, 0) is 32.3 Å². The summed E-state index contributed by atoms with van der Waals surface area (Å²) in [5, 5.41) is 3.93. The number of epoxide rings is 1. The van der Waals surface area contributed by atoms with E-state index in [0.29, 0.717) is 18.6 Å². The minimum absolute atomic E-state index is 0.00409. The van der Waals surface area contributed by atoms with Crippen LogP contribution in [0.15, 0.2) is 91.0 Å². The molecule has 2 saturated heterocycles. The molecule has 11 heteroatoms. The highest BCUT2D eigenvalue weighted by atomic mass is 28.4. The first-order valence-electron chi connectivity index (χ1n) is 25.3. The highest BCUT2D eigenvalue weighted by molar-refractivity contribution is 6.99. The van der Waals surface area contributed by atoms with Gasteiger partial charge in [-0.3, -0.25) is 4.79 Å². The van der Waals surface area contributed by atoms with Crippen LogP contribution in [0.3, 0.4) is 0 Å². The Bertz CT molecular complexity index is 1980. The molecule has 0 radical (unpaired) electrons. The summed E-state index contributed by atoms with van der Waals surface area (Å²) in [7, 11) is -9.00. The standard InChI is InChI=1S/C54H84O7Si4/c1-15-64(16-2,17-3)60-46-38-47(61-62(10,11)12)54-48(49(46)55)45(39(4)50(51(54)59-54)63(13,14)42-27-21-18-22-28-42)34-33-40-37-41(58-53(8,9)57-40)35-36-56-65(52(5,6)7,43-29-23-19-24-30-43)44-31-25-20-26-32-44/h18-32,39-41,45-48,50-51H,15-17,33-38H2,1-14H3/t39-,40-,41+,45+,46?,47-,48+,50-,51?,54?/m1/s1. The van der Waals surface area contributed by atoms with Crippen molar-refractivity contribution < 1.29 is 32.3 Å². The van der Waals surface area contributed by atoms with Gasteiger partial charge in [0, 0.05) is 19.4 Å². The molecule has 7 nitrogen and oxygen atoms in total. The maximum absolute atomic E-state index is 15.5. The Hall–Kier alpha value is -2.04. The summed E-state index contributed by atoms with van der Waals surface area (Å²) in [6.07, 6.45) is 3.22. The molecule has 3 aromatic carbocycles. The first-order valence-corrected chi connectivity index (χ1v) is 36.2. The number of benzene rings is 3. The van der Waals surface area contributed by atoms with Crippen molar-refractivity contribution in [3.63, 3.8) is 0 Å². The molecule has 4 fully saturated rings. The third-order valence-electron chi connectivity index (χ3n) is 16.4. The van der Waals surface area contributed by atoms with Crippen LogP contribution in [0.4, 0.5) is 0 Å². The molecule has 3 aromatic rings. The number of hydrogen-bond donors (Lipinski definition) is 0. The maximum atomic E-state index is 15.5. The molecule has 0 amide bonds. The summed E-state index contributed by atoms with van der Waals surface area (Å²) < 4.78 is 42.8. The van der Waals surface area contributed by atoms with E-state index in [9.17, 15) is 0 Å². The molecule has 10 atom stereocenters. The van der Waals surface area contributed by atoms with E-state index in [2.05, 4.69) is 186 Å². The van der Waals surface area contributed by atoms with Crippen LogP contribution in [0.1, 0.15) is 94.4 Å². The first kappa shape index (κ1) is 50.8. The van der Waals surface area contributed by atoms with E-state index in [4.69, 9.17) is 27.5 Å². The van der Waals surface area contributed by atoms with Gasteiger partial charge in [-0.05, 0) is 104 Å². The maximum Gasteiger partial charge on any atom is 0.261 e. The van der Waals surface area contributed by atoms with E-state index >= 15 is 4.79 Å². The van der Waals surface area contributed by atoms with Crippen molar-refractivity contribution in [3.8, 4) is 0 Å². The third kappa shape index (κ3) is 10.0. The molecule has 2 aliphatic carbocycles. The van der Waals surface area contributed by atoms with E-state index in [1.807, 2.05) is 0 Å². The SMILES string of the molecule is CC[Si](CC)(CC)OC1C[C@@H](O[Si](C)(C)C)C23OC2[C@H]([Si](C)(C)c2ccccc2)[C@H](C)[C@H](CC[C@@H]2C[C@H](CCO[Si](c4ccccc4)(c4ccccc4)C(C)(C)C)OC(C)(C)O2)[C@H]3C1=O. The Morgan fingerprint density at radius 1 is 0.677 bits per heavy atom. The molecule has 1 spiro atoms. The van der Waals surface area contributed by atoms with Crippen molar-refractivity contribution in [2.75, 3.05) is 6.61 Å². The third-order valence-corrected chi connectivity index (χ3v) is 31.4. The Labute approximate surface area is 397 Å². The van der Waals surface area contributed by atoms with E-state index in [1.54, 1.807) is 0 Å². The topological polar surface area (TPSA) is 75.8 Å². The lowest BCUT2D eigenvalue weighted by molar-refractivity contribution is -0.302. The summed E-state index contributed by atoms with van der Waals surface area (Å²) in [6.45, 7) is 32.9. The lowest BCUT2D eigenvalue weighted by Crippen LogP contribution is -2.66. The van der Waals surface area contributed by atoms with Crippen molar-refractivity contribution in [1.29, 1.82) is 0 Å². The number of ketones is 1. The summed E-state index contributed by atoms with van der Waals surface area (Å²) in [5.74, 6) is -0.374. The Morgan fingerprint density at radius 2 is 1.18 bits per heavy atom. The fourth-order valence-electron chi connectivity index (χ4n) is 13.1. The van der Waals surface area contributed by atoms with Gasteiger partial charge in [0.05, 0.1) is 38.4 Å². The molecule has 0 aromatic heterocycles. The minimum atomic E-state index is -2.70. The average molecular weight is 958 g/mol. The summed E-state index contributed by atoms with van der Waals surface area (Å²) >= 11 is 0. The molecule has 4 aliphatic rings. The summed E-state index contributed by atoms with van der Waals surface area (Å²) in [4.78, 5) is 15.5. The number of hydrogen-bond acceptors (Lipinski definition) is 7. The second-order valence-corrected chi connectivity index (χ2v) is 41.4. The normalized spacial score (nSPS) is 30.7. The van der Waals surface area contributed by atoms with Gasteiger partial charge in [-0.25, -0.2) is 0 Å². The fourth-order valence-corrected chi connectivity index (χ4v) is 25.7. The highest BCUT2D eigenvalue weighted by Crippen LogP contribution is 2.68. The van der Waals surface area contributed by atoms with E-state index in [1.165, 1.54) is 15.6 Å². The highest BCUT2D eigenvalue weighted by Gasteiger charge is 2.79. The molecular formula is C54H84O7Si4. The van der Waals surface area contributed by atoms with Crippen LogP contribution in [0.2, 0.25) is 61.4 Å². The van der Waals surface area contributed by atoms with Crippen molar-refractivity contribution in [2.45, 2.75) is 198 Å². The van der Waals surface area contributed by atoms with Crippen LogP contribution < -0.4 is 15.6 Å². The molecule has 2 saturated carbocycles. The summed E-state index contributed by atoms with van der Waals surface area (Å²) in [5.41, 5.74) is -0.290. The molecule has 0 N–H and O–H groups in total. The molecule has 65 heavy (non-hydrogen) atoms. The lowest BCUT2D eigenvalue weighted by Gasteiger charge is -2.53. The van der Waals surface area contributed by atoms with Crippen molar-refractivity contribution in [1.82, 2.24) is 0 Å². The van der Waals surface area contributed by atoms with Gasteiger partial charge in [-0.2, -0.15) is 0 Å². The van der Waals surface area contributed by atoms with Crippen LogP contribution in [-0.4, -0.2) is 87.3 Å². The number of rotatable bonds is 18. The average Bonchev–Trinajstić information content (AvgIpc) is 3.99. The zero-order valence-corrected chi connectivity index (χ0v) is 46.6. The van der Waals surface area contributed by atoms with Crippen molar-refractivity contribution in [3.05, 3.63) is 91.0 Å². The second-order valence-electron chi connectivity index (χ2n) is 23.2. The van der Waals surface area contributed by atoms with Crippen LogP contribution in [0.25, 0.3) is 0 Å². The Morgan fingerprint density at radius 3 is 1.68 bits per heavy atom. The molecule has 3 unspecified atom stereocenters. The monoisotopic (exact) mass is 957 g/mol. The minimum Gasteiger partial charge on any atom is -0.412 e. The Kier molecular flexibility index (Phi) is 15.2. The van der Waals surface area contributed by atoms with E-state index < -0.39 is 50.5 Å². The lowest BCUT2D eigenvalue weighted by atomic mass is 9.58. The van der Waals surface area contributed by atoms with Crippen LogP contribution >= 0.6 is 0 Å². The molecule has 0 bridgehead atoms. The number of Topliss-reactive ketones (excluding diaryl/α,β-unsaturated/α-hetero) is 1. The van der Waals surface area contributed by atoms with Gasteiger partial charge in [0.15, 0.2) is 28.2 Å². The van der Waals surface area contributed by atoms with E-state index in [-0.39, 0.29) is 53.0 Å². The van der Waals surface area contributed by atoms with Gasteiger partial charge < -0.3 is 27.5 Å². The fraction of sp³-hybridized carbons (Fsp3) is 0.648. The predicted octanol–water partition coefficient (Wildman–Crippen LogP) is 11.2. The zero-order valence-electron chi connectivity index (χ0n) is 42.6. The molecule has 7 rings (SSSR count). The first-order chi connectivity index (χ1) is 30.6. The van der Waals surface area contributed by atoms with Crippen LogP contribution in [0, 0.1) is 17.8 Å². The predicted molar refractivity (Wildman–Crippen MR) is 277 cm³/mol. The largest absolute Gasteiger partial charge is 0.412 e. The smallest absolute Gasteiger partial charge is 0.261 e. The van der Waals surface area contributed by atoms with Gasteiger partial charge >= 0.3 is 0 Å².